The van der Waals surface area contributed by atoms with Crippen molar-refractivity contribution in [3.05, 3.63) is 0 Å². The molecule has 112 valence electrons. The van der Waals surface area contributed by atoms with Crippen molar-refractivity contribution in [3.8, 4) is 0 Å². The minimum atomic E-state index is -0.996. The first-order valence-electron chi connectivity index (χ1n) is 6.52. The molecule has 0 spiro atoms. The van der Waals surface area contributed by atoms with Crippen molar-refractivity contribution in [1.82, 2.24) is 10.9 Å². The van der Waals surface area contributed by atoms with Crippen molar-refractivity contribution in [2.45, 2.75) is 65.6 Å². The molecule has 19 heavy (non-hydrogen) atoms. The number of hydrogen-bond acceptors (Lipinski definition) is 4. The number of nitrogens with one attached hydrogen (secondary N) is 2. The topological polar surface area (TPSA) is 76.7 Å². The highest BCUT2D eigenvalue weighted by atomic mass is 16.6. The zero-order valence-corrected chi connectivity index (χ0v) is 12.8. The molecule has 2 amide bonds. The molecular weight excluding hydrogens is 248 g/mol. The Balaban J connectivity index is 4.12. The normalized spacial score (nSPS) is 11.9. The summed E-state index contributed by atoms with van der Waals surface area (Å²) < 4.78 is 10.5. The molecule has 0 rings (SSSR count). The molecule has 0 fully saturated rings. The van der Waals surface area contributed by atoms with Gasteiger partial charge in [0, 0.05) is 6.61 Å². The van der Waals surface area contributed by atoms with Crippen LogP contribution in [0.1, 0.15) is 54.4 Å². The van der Waals surface area contributed by atoms with E-state index < -0.39 is 23.2 Å². The molecule has 2 N–H and O–H groups in total. The molecule has 6 heteroatoms. The maximum atomic E-state index is 11.8. The molecule has 0 saturated heterocycles. The summed E-state index contributed by atoms with van der Waals surface area (Å²) in [6.07, 6.45) is 1.18. The van der Waals surface area contributed by atoms with Crippen molar-refractivity contribution < 1.29 is 19.1 Å². The summed E-state index contributed by atoms with van der Waals surface area (Å²) in [5, 5.41) is 0. The maximum Gasteiger partial charge on any atom is 0.426 e. The Morgan fingerprint density at radius 3 is 2.11 bits per heavy atom. The molecule has 0 aromatic carbocycles. The van der Waals surface area contributed by atoms with E-state index in [9.17, 15) is 9.59 Å². The van der Waals surface area contributed by atoms with Gasteiger partial charge in [0.1, 0.15) is 11.2 Å². The standard InChI is InChI=1S/C13H26N2O4/c1-7-8-9-18-13(5,6)10(16)14-15-11(17)19-12(2,3)4/h7-9H2,1-6H3,(H,14,16)(H,15,17). The number of ether oxygens (including phenoxy) is 2. The number of rotatable bonds is 5. The highest BCUT2D eigenvalue weighted by Gasteiger charge is 2.29. The van der Waals surface area contributed by atoms with E-state index in [0.29, 0.717) is 6.61 Å². The summed E-state index contributed by atoms with van der Waals surface area (Å²) in [5.74, 6) is -0.422. The second kappa shape index (κ2) is 7.33. The number of carbonyl (C=O) groups is 2. The van der Waals surface area contributed by atoms with Crippen molar-refractivity contribution in [2.24, 2.45) is 0 Å². The first kappa shape index (κ1) is 17.7. The molecule has 0 bridgehead atoms. The van der Waals surface area contributed by atoms with Crippen LogP contribution in [0.3, 0.4) is 0 Å². The molecule has 0 heterocycles. The molecule has 0 saturated carbocycles. The van der Waals surface area contributed by atoms with Gasteiger partial charge in [-0.1, -0.05) is 13.3 Å². The lowest BCUT2D eigenvalue weighted by Crippen LogP contribution is -2.52. The molecule has 0 aromatic heterocycles. The maximum absolute atomic E-state index is 11.8. The van der Waals surface area contributed by atoms with E-state index in [4.69, 9.17) is 9.47 Å². The number of amides is 2. The van der Waals surface area contributed by atoms with Crippen LogP contribution >= 0.6 is 0 Å². The molecule has 0 atom stereocenters. The second-order valence-electron chi connectivity index (χ2n) is 5.79. The first-order valence-corrected chi connectivity index (χ1v) is 6.52. The van der Waals surface area contributed by atoms with Gasteiger partial charge in [-0.3, -0.25) is 10.2 Å². The second-order valence-corrected chi connectivity index (χ2v) is 5.79. The third kappa shape index (κ3) is 8.42. The number of carbonyl (C=O) groups excluding carboxylic acids is 2. The molecule has 0 aliphatic heterocycles. The smallest absolute Gasteiger partial charge is 0.426 e. The zero-order valence-electron chi connectivity index (χ0n) is 12.8. The average Bonchev–Trinajstić information content (AvgIpc) is 2.23. The van der Waals surface area contributed by atoms with E-state index in [-0.39, 0.29) is 0 Å². The predicted molar refractivity (Wildman–Crippen MR) is 72.5 cm³/mol. The summed E-state index contributed by atoms with van der Waals surface area (Å²) >= 11 is 0. The summed E-state index contributed by atoms with van der Waals surface area (Å²) in [6, 6.07) is 0. The van der Waals surface area contributed by atoms with Crippen LogP contribution in [0.25, 0.3) is 0 Å². The van der Waals surface area contributed by atoms with Crippen LogP contribution in [0.4, 0.5) is 4.79 Å². The van der Waals surface area contributed by atoms with Crippen LogP contribution in [0, 0.1) is 0 Å². The van der Waals surface area contributed by atoms with Crippen molar-refractivity contribution >= 4 is 12.0 Å². The monoisotopic (exact) mass is 274 g/mol. The van der Waals surface area contributed by atoms with Crippen molar-refractivity contribution in [2.75, 3.05) is 6.61 Å². The Bertz CT molecular complexity index is 308. The SMILES string of the molecule is CCCCOC(C)(C)C(=O)NNC(=O)OC(C)(C)C. The van der Waals surface area contributed by atoms with Gasteiger partial charge in [-0.2, -0.15) is 0 Å². The van der Waals surface area contributed by atoms with E-state index in [0.717, 1.165) is 12.8 Å². The minimum absolute atomic E-state index is 0.422. The summed E-state index contributed by atoms with van der Waals surface area (Å²) in [5.41, 5.74) is 2.87. The van der Waals surface area contributed by atoms with E-state index >= 15 is 0 Å². The fourth-order valence-electron chi connectivity index (χ4n) is 1.10. The molecule has 0 unspecified atom stereocenters. The fraction of sp³-hybridized carbons (Fsp3) is 0.846. The lowest BCUT2D eigenvalue weighted by molar-refractivity contribution is -0.144. The van der Waals surface area contributed by atoms with Gasteiger partial charge in [0.25, 0.3) is 5.91 Å². The number of hydrazine groups is 1. The Labute approximate surface area is 115 Å². The summed E-state index contributed by atoms with van der Waals surface area (Å²) in [6.45, 7) is 11.1. The predicted octanol–water partition coefficient (Wildman–Crippen LogP) is 2.14. The van der Waals surface area contributed by atoms with Gasteiger partial charge in [-0.25, -0.2) is 10.2 Å². The largest absolute Gasteiger partial charge is 0.443 e. The number of unbranched alkanes of at least 4 members (excludes halogenated alkanes) is 1. The third-order valence-electron chi connectivity index (χ3n) is 2.18. The molecular formula is C13H26N2O4. The lowest BCUT2D eigenvalue weighted by Gasteiger charge is -2.25. The first-order chi connectivity index (χ1) is 8.58. The Morgan fingerprint density at radius 2 is 1.63 bits per heavy atom. The summed E-state index contributed by atoms with van der Waals surface area (Å²) in [4.78, 5) is 23.2. The quantitative estimate of drug-likeness (QED) is 0.595. The molecule has 0 radical (unpaired) electrons. The Kier molecular flexibility index (Phi) is 6.83. The van der Waals surface area contributed by atoms with Gasteiger partial charge in [-0.15, -0.1) is 0 Å². The lowest BCUT2D eigenvalue weighted by atomic mass is 10.1. The Hall–Kier alpha value is -1.30. The van der Waals surface area contributed by atoms with E-state index in [1.807, 2.05) is 6.92 Å². The van der Waals surface area contributed by atoms with Crippen LogP contribution in [0.15, 0.2) is 0 Å². The van der Waals surface area contributed by atoms with E-state index in [1.165, 1.54) is 0 Å². The van der Waals surface area contributed by atoms with E-state index in [1.54, 1.807) is 34.6 Å². The van der Waals surface area contributed by atoms with Gasteiger partial charge in [0.2, 0.25) is 0 Å². The highest BCUT2D eigenvalue weighted by molar-refractivity contribution is 5.85. The van der Waals surface area contributed by atoms with Crippen LogP contribution in [0.2, 0.25) is 0 Å². The molecule has 0 aliphatic rings. The van der Waals surface area contributed by atoms with Crippen molar-refractivity contribution in [1.29, 1.82) is 0 Å². The van der Waals surface area contributed by atoms with Gasteiger partial charge in [0.05, 0.1) is 0 Å². The molecule has 0 aromatic rings. The van der Waals surface area contributed by atoms with Gasteiger partial charge < -0.3 is 9.47 Å². The fourth-order valence-corrected chi connectivity index (χ4v) is 1.10. The highest BCUT2D eigenvalue weighted by Crippen LogP contribution is 2.10. The minimum Gasteiger partial charge on any atom is -0.443 e. The zero-order chi connectivity index (χ0) is 15.1. The van der Waals surface area contributed by atoms with Crippen LogP contribution < -0.4 is 10.9 Å². The van der Waals surface area contributed by atoms with Gasteiger partial charge in [0.15, 0.2) is 0 Å². The average molecular weight is 274 g/mol. The van der Waals surface area contributed by atoms with E-state index in [2.05, 4.69) is 10.9 Å². The third-order valence-corrected chi connectivity index (χ3v) is 2.18. The van der Waals surface area contributed by atoms with Crippen LogP contribution in [-0.2, 0) is 14.3 Å². The van der Waals surface area contributed by atoms with Gasteiger partial charge in [-0.05, 0) is 41.0 Å². The summed E-state index contributed by atoms with van der Waals surface area (Å²) in [7, 11) is 0. The Morgan fingerprint density at radius 1 is 1.05 bits per heavy atom. The van der Waals surface area contributed by atoms with Crippen LogP contribution in [-0.4, -0.2) is 29.8 Å². The number of hydrogen-bond donors (Lipinski definition) is 2. The van der Waals surface area contributed by atoms with Crippen molar-refractivity contribution in [3.63, 3.8) is 0 Å². The molecule has 6 nitrogen and oxygen atoms in total. The van der Waals surface area contributed by atoms with Gasteiger partial charge >= 0.3 is 6.09 Å². The van der Waals surface area contributed by atoms with Crippen LogP contribution in [0.5, 0.6) is 0 Å². The molecule has 0 aliphatic carbocycles.